The molecule has 2 atom stereocenters. The summed E-state index contributed by atoms with van der Waals surface area (Å²) in [5, 5.41) is 11.0. The van der Waals surface area contributed by atoms with Gasteiger partial charge in [-0.3, -0.25) is 0 Å². The summed E-state index contributed by atoms with van der Waals surface area (Å²) in [5.41, 5.74) is 1.50. The van der Waals surface area contributed by atoms with Crippen LogP contribution in [0.5, 0.6) is 0 Å². The molecule has 0 bridgehead atoms. The zero-order valence-electron chi connectivity index (χ0n) is 8.55. The fourth-order valence-electron chi connectivity index (χ4n) is 2.14. The Morgan fingerprint density at radius 1 is 1.50 bits per heavy atom. The molecule has 0 heterocycles. The molecule has 0 radical (unpaired) electrons. The Morgan fingerprint density at radius 3 is 2.71 bits per heavy atom. The molecular weight excluding hydrogens is 196 g/mol. The molecule has 1 aliphatic carbocycles. The van der Waals surface area contributed by atoms with Crippen molar-refractivity contribution >= 4 is 11.6 Å². The van der Waals surface area contributed by atoms with Crippen LogP contribution in [0.4, 0.5) is 0 Å². The van der Waals surface area contributed by atoms with Gasteiger partial charge >= 0.3 is 0 Å². The highest BCUT2D eigenvalue weighted by molar-refractivity contribution is 6.30. The van der Waals surface area contributed by atoms with Crippen LogP contribution >= 0.6 is 11.6 Å². The monoisotopic (exact) mass is 210 g/mol. The van der Waals surface area contributed by atoms with Crippen LogP contribution in [0, 0.1) is 12.8 Å². The van der Waals surface area contributed by atoms with Crippen LogP contribution in [0.15, 0.2) is 18.2 Å². The van der Waals surface area contributed by atoms with Crippen molar-refractivity contribution in [2.75, 3.05) is 0 Å². The van der Waals surface area contributed by atoms with Crippen molar-refractivity contribution < 1.29 is 5.11 Å². The summed E-state index contributed by atoms with van der Waals surface area (Å²) in [7, 11) is 0. The molecule has 1 N–H and O–H groups in total. The first kappa shape index (κ1) is 10.0. The zero-order valence-corrected chi connectivity index (χ0v) is 9.30. The Labute approximate surface area is 89.7 Å². The number of aliphatic hydroxyl groups is 1. The molecular formula is C12H15ClO. The number of aryl methyl sites for hydroxylation is 1. The molecule has 0 spiro atoms. The average molecular weight is 211 g/mol. The average Bonchev–Trinajstić information content (AvgIpc) is 2.77. The Morgan fingerprint density at radius 2 is 2.21 bits per heavy atom. The minimum atomic E-state index is -0.593. The molecule has 1 nitrogen and oxygen atoms in total. The lowest BCUT2D eigenvalue weighted by Crippen LogP contribution is -2.08. The van der Waals surface area contributed by atoms with E-state index in [-0.39, 0.29) is 0 Å². The van der Waals surface area contributed by atoms with Crippen molar-refractivity contribution in [1.82, 2.24) is 0 Å². The van der Waals surface area contributed by atoms with E-state index in [1.807, 2.05) is 25.1 Å². The summed E-state index contributed by atoms with van der Waals surface area (Å²) >= 11 is 5.96. The van der Waals surface area contributed by atoms with Crippen LogP contribution in [-0.4, -0.2) is 5.11 Å². The SMILES string of the molecule is CCC1CC1(O)c1cc(C)cc(Cl)c1. The molecule has 14 heavy (non-hydrogen) atoms. The second kappa shape index (κ2) is 3.25. The second-order valence-electron chi connectivity index (χ2n) is 4.25. The van der Waals surface area contributed by atoms with Gasteiger partial charge in [0.05, 0.1) is 5.60 Å². The Hall–Kier alpha value is -0.530. The largest absolute Gasteiger partial charge is 0.385 e. The van der Waals surface area contributed by atoms with E-state index in [2.05, 4.69) is 6.92 Å². The summed E-state index contributed by atoms with van der Waals surface area (Å²) < 4.78 is 0. The van der Waals surface area contributed by atoms with E-state index in [1.165, 1.54) is 0 Å². The Bertz CT molecular complexity index is 341. The van der Waals surface area contributed by atoms with E-state index in [9.17, 15) is 5.11 Å². The van der Waals surface area contributed by atoms with E-state index in [0.29, 0.717) is 5.92 Å². The zero-order chi connectivity index (χ0) is 10.3. The minimum absolute atomic E-state index is 0.417. The molecule has 2 unspecified atom stereocenters. The third-order valence-electron chi connectivity index (χ3n) is 3.11. The van der Waals surface area contributed by atoms with Crippen LogP contribution in [0.3, 0.4) is 0 Å². The maximum absolute atomic E-state index is 10.3. The molecule has 0 aliphatic heterocycles. The summed E-state index contributed by atoms with van der Waals surface area (Å²) in [4.78, 5) is 0. The van der Waals surface area contributed by atoms with Crippen molar-refractivity contribution in [3.05, 3.63) is 34.3 Å². The van der Waals surface area contributed by atoms with Crippen LogP contribution in [0.25, 0.3) is 0 Å². The van der Waals surface area contributed by atoms with Gasteiger partial charge in [-0.25, -0.2) is 0 Å². The van der Waals surface area contributed by atoms with Crippen molar-refractivity contribution in [3.8, 4) is 0 Å². The molecule has 1 saturated carbocycles. The van der Waals surface area contributed by atoms with Gasteiger partial charge in [0.2, 0.25) is 0 Å². The lowest BCUT2D eigenvalue weighted by molar-refractivity contribution is 0.130. The molecule has 0 aromatic heterocycles. The van der Waals surface area contributed by atoms with Gasteiger partial charge in [-0.2, -0.15) is 0 Å². The van der Waals surface area contributed by atoms with Gasteiger partial charge in [-0.15, -0.1) is 0 Å². The fraction of sp³-hybridized carbons (Fsp3) is 0.500. The molecule has 0 amide bonds. The van der Waals surface area contributed by atoms with Gasteiger partial charge in [0.15, 0.2) is 0 Å². The molecule has 1 fully saturated rings. The topological polar surface area (TPSA) is 20.2 Å². The maximum atomic E-state index is 10.3. The van der Waals surface area contributed by atoms with Crippen LogP contribution < -0.4 is 0 Å². The van der Waals surface area contributed by atoms with Crippen LogP contribution in [0.2, 0.25) is 5.02 Å². The number of benzene rings is 1. The third kappa shape index (κ3) is 1.55. The summed E-state index contributed by atoms with van der Waals surface area (Å²) in [6, 6.07) is 5.82. The third-order valence-corrected chi connectivity index (χ3v) is 3.33. The quantitative estimate of drug-likeness (QED) is 0.795. The molecule has 76 valence electrons. The van der Waals surface area contributed by atoms with Crippen LogP contribution in [0.1, 0.15) is 30.9 Å². The van der Waals surface area contributed by atoms with E-state index in [1.54, 1.807) is 0 Å². The standard InChI is InChI=1S/C12H15ClO/c1-3-9-7-12(9,14)10-4-8(2)5-11(13)6-10/h4-6,9,14H,3,7H2,1-2H3. The normalized spacial score (nSPS) is 30.4. The van der Waals surface area contributed by atoms with Crippen molar-refractivity contribution in [1.29, 1.82) is 0 Å². The van der Waals surface area contributed by atoms with Crippen molar-refractivity contribution in [3.63, 3.8) is 0 Å². The predicted molar refractivity (Wildman–Crippen MR) is 58.5 cm³/mol. The van der Waals surface area contributed by atoms with Gasteiger partial charge in [0.1, 0.15) is 0 Å². The summed E-state index contributed by atoms with van der Waals surface area (Å²) in [6.07, 6.45) is 1.91. The number of halogens is 1. The Balaban J connectivity index is 2.34. The number of hydrogen-bond acceptors (Lipinski definition) is 1. The lowest BCUT2D eigenvalue weighted by Gasteiger charge is -2.11. The number of rotatable bonds is 2. The van der Waals surface area contributed by atoms with Gasteiger partial charge in [0, 0.05) is 5.02 Å². The van der Waals surface area contributed by atoms with Gasteiger partial charge in [0.25, 0.3) is 0 Å². The van der Waals surface area contributed by atoms with E-state index < -0.39 is 5.60 Å². The summed E-state index contributed by atoms with van der Waals surface area (Å²) in [6.45, 7) is 4.11. The van der Waals surface area contributed by atoms with Gasteiger partial charge in [-0.1, -0.05) is 31.0 Å². The Kier molecular flexibility index (Phi) is 2.32. The van der Waals surface area contributed by atoms with Gasteiger partial charge < -0.3 is 5.11 Å². The van der Waals surface area contributed by atoms with Crippen LogP contribution in [-0.2, 0) is 5.60 Å². The molecule has 1 aromatic carbocycles. The fourth-order valence-corrected chi connectivity index (χ4v) is 2.43. The highest BCUT2D eigenvalue weighted by atomic mass is 35.5. The lowest BCUT2D eigenvalue weighted by atomic mass is 10.0. The highest BCUT2D eigenvalue weighted by Gasteiger charge is 2.52. The van der Waals surface area contributed by atoms with E-state index in [4.69, 9.17) is 11.6 Å². The second-order valence-corrected chi connectivity index (χ2v) is 4.69. The molecule has 1 aromatic rings. The smallest absolute Gasteiger partial charge is 0.0930 e. The maximum Gasteiger partial charge on any atom is 0.0930 e. The molecule has 2 heteroatoms. The van der Waals surface area contributed by atoms with Crippen molar-refractivity contribution in [2.24, 2.45) is 5.92 Å². The highest BCUT2D eigenvalue weighted by Crippen LogP contribution is 2.54. The molecule has 0 saturated heterocycles. The summed E-state index contributed by atoms with van der Waals surface area (Å²) in [5.74, 6) is 0.417. The molecule has 1 aliphatic rings. The first-order valence-electron chi connectivity index (χ1n) is 5.06. The number of hydrogen-bond donors (Lipinski definition) is 1. The molecule has 2 rings (SSSR count). The van der Waals surface area contributed by atoms with E-state index in [0.717, 1.165) is 29.0 Å². The van der Waals surface area contributed by atoms with Gasteiger partial charge in [-0.05, 0) is 42.5 Å². The first-order valence-corrected chi connectivity index (χ1v) is 5.44. The minimum Gasteiger partial charge on any atom is -0.385 e. The first-order chi connectivity index (χ1) is 6.56. The van der Waals surface area contributed by atoms with E-state index >= 15 is 0 Å². The predicted octanol–water partition coefficient (Wildman–Crippen LogP) is 3.27. The van der Waals surface area contributed by atoms with Crippen molar-refractivity contribution in [2.45, 2.75) is 32.3 Å².